The molecule has 0 fully saturated rings. The van der Waals surface area contributed by atoms with Gasteiger partial charge < -0.3 is 10.1 Å². The second-order valence-corrected chi connectivity index (χ2v) is 6.16. The Morgan fingerprint density at radius 1 is 1.29 bits per heavy atom. The molecule has 2 nitrogen and oxygen atoms in total. The Balaban J connectivity index is 1.69. The fourth-order valence-corrected chi connectivity index (χ4v) is 2.92. The van der Waals surface area contributed by atoms with Crippen LogP contribution in [0.15, 0.2) is 40.9 Å². The van der Waals surface area contributed by atoms with Crippen LogP contribution in [0.5, 0.6) is 5.75 Å². The van der Waals surface area contributed by atoms with E-state index in [9.17, 15) is 4.39 Å². The molecule has 1 N–H and O–H groups in total. The van der Waals surface area contributed by atoms with Crippen molar-refractivity contribution in [3.63, 3.8) is 0 Å². The number of halogens is 2. The molecule has 0 radical (unpaired) electrons. The van der Waals surface area contributed by atoms with Crippen LogP contribution in [0, 0.1) is 5.82 Å². The quantitative estimate of drug-likeness (QED) is 0.884. The third kappa shape index (κ3) is 3.27. The number of hydrogen-bond acceptors (Lipinski definition) is 2. The molecule has 0 spiro atoms. The van der Waals surface area contributed by atoms with Gasteiger partial charge in [-0.2, -0.15) is 0 Å². The highest BCUT2D eigenvalue weighted by molar-refractivity contribution is 9.10. The van der Waals surface area contributed by atoms with Crippen molar-refractivity contribution in [2.75, 3.05) is 6.61 Å². The van der Waals surface area contributed by atoms with Crippen molar-refractivity contribution < 1.29 is 9.13 Å². The summed E-state index contributed by atoms with van der Waals surface area (Å²) in [5, 5.41) is 3.44. The van der Waals surface area contributed by atoms with Crippen molar-refractivity contribution >= 4 is 15.9 Å². The summed E-state index contributed by atoms with van der Waals surface area (Å²) in [5.74, 6) is 0.788. The van der Waals surface area contributed by atoms with Gasteiger partial charge in [0.2, 0.25) is 0 Å². The molecule has 110 valence electrons. The standard InChI is InChI=1S/C17H17BrFNO/c1-11(12-2-5-17-13(8-12)6-7-21-17)20-10-14-9-15(19)3-4-16(14)18/h2-5,8-9,11,20H,6-7,10H2,1H3. The molecule has 0 bridgehead atoms. The van der Waals surface area contributed by atoms with Gasteiger partial charge in [0.25, 0.3) is 0 Å². The summed E-state index contributed by atoms with van der Waals surface area (Å²) in [6.07, 6.45) is 0.978. The predicted molar refractivity (Wildman–Crippen MR) is 85.0 cm³/mol. The molecule has 0 amide bonds. The van der Waals surface area contributed by atoms with E-state index in [-0.39, 0.29) is 11.9 Å². The van der Waals surface area contributed by atoms with Gasteiger partial charge in [-0.3, -0.25) is 0 Å². The van der Waals surface area contributed by atoms with Crippen molar-refractivity contribution in [3.05, 3.63) is 63.4 Å². The van der Waals surface area contributed by atoms with Crippen LogP contribution in [-0.4, -0.2) is 6.61 Å². The largest absolute Gasteiger partial charge is 0.493 e. The molecule has 4 heteroatoms. The summed E-state index contributed by atoms with van der Waals surface area (Å²) in [6.45, 7) is 3.51. The molecular formula is C17H17BrFNO. The maximum atomic E-state index is 13.3. The lowest BCUT2D eigenvalue weighted by atomic mass is 10.0. The normalized spacial score (nSPS) is 14.6. The molecule has 0 saturated heterocycles. The Morgan fingerprint density at radius 2 is 2.14 bits per heavy atom. The first kappa shape index (κ1) is 14.5. The molecule has 2 aromatic rings. The lowest BCUT2D eigenvalue weighted by molar-refractivity contribution is 0.356. The Kier molecular flexibility index (Phi) is 4.27. The first-order valence-electron chi connectivity index (χ1n) is 7.06. The van der Waals surface area contributed by atoms with Crippen molar-refractivity contribution in [2.24, 2.45) is 0 Å². The van der Waals surface area contributed by atoms with Gasteiger partial charge in [0.05, 0.1) is 6.61 Å². The van der Waals surface area contributed by atoms with E-state index in [2.05, 4.69) is 40.3 Å². The average Bonchev–Trinajstić information content (AvgIpc) is 2.95. The molecule has 2 aromatic carbocycles. The fourth-order valence-electron chi connectivity index (χ4n) is 2.54. The minimum atomic E-state index is -0.211. The van der Waals surface area contributed by atoms with E-state index in [1.54, 1.807) is 12.1 Å². The van der Waals surface area contributed by atoms with Crippen LogP contribution >= 0.6 is 15.9 Å². The van der Waals surface area contributed by atoms with Gasteiger partial charge in [0, 0.05) is 23.5 Å². The minimum absolute atomic E-state index is 0.200. The smallest absolute Gasteiger partial charge is 0.123 e. The van der Waals surface area contributed by atoms with E-state index in [0.29, 0.717) is 6.54 Å². The van der Waals surface area contributed by atoms with Crippen LogP contribution < -0.4 is 10.1 Å². The topological polar surface area (TPSA) is 21.3 Å². The molecule has 1 aliphatic heterocycles. The average molecular weight is 350 g/mol. The summed E-state index contributed by atoms with van der Waals surface area (Å²) >= 11 is 3.45. The van der Waals surface area contributed by atoms with Crippen LogP contribution in [0.2, 0.25) is 0 Å². The summed E-state index contributed by atoms with van der Waals surface area (Å²) in [4.78, 5) is 0. The molecule has 1 heterocycles. The SMILES string of the molecule is CC(NCc1cc(F)ccc1Br)c1ccc2c(c1)CCO2. The molecule has 0 saturated carbocycles. The van der Waals surface area contributed by atoms with Gasteiger partial charge >= 0.3 is 0 Å². The summed E-state index contributed by atoms with van der Waals surface area (Å²) in [5.41, 5.74) is 3.42. The fraction of sp³-hybridized carbons (Fsp3) is 0.294. The molecule has 1 aliphatic rings. The van der Waals surface area contributed by atoms with Gasteiger partial charge in [0.1, 0.15) is 11.6 Å². The van der Waals surface area contributed by atoms with Crippen molar-refractivity contribution in [2.45, 2.75) is 25.9 Å². The summed E-state index contributed by atoms with van der Waals surface area (Å²) in [7, 11) is 0. The zero-order chi connectivity index (χ0) is 14.8. The highest BCUT2D eigenvalue weighted by atomic mass is 79.9. The number of fused-ring (bicyclic) bond motifs is 1. The monoisotopic (exact) mass is 349 g/mol. The minimum Gasteiger partial charge on any atom is -0.493 e. The first-order valence-corrected chi connectivity index (χ1v) is 7.86. The van der Waals surface area contributed by atoms with E-state index in [1.807, 2.05) is 6.07 Å². The van der Waals surface area contributed by atoms with E-state index in [0.717, 1.165) is 28.8 Å². The van der Waals surface area contributed by atoms with E-state index in [4.69, 9.17) is 4.74 Å². The van der Waals surface area contributed by atoms with Crippen LogP contribution in [0.25, 0.3) is 0 Å². The molecule has 21 heavy (non-hydrogen) atoms. The first-order chi connectivity index (χ1) is 10.1. The highest BCUT2D eigenvalue weighted by Gasteiger charge is 2.14. The van der Waals surface area contributed by atoms with E-state index < -0.39 is 0 Å². The van der Waals surface area contributed by atoms with Gasteiger partial charge in [0.15, 0.2) is 0 Å². The van der Waals surface area contributed by atoms with Gasteiger partial charge in [-0.25, -0.2) is 4.39 Å². The zero-order valence-electron chi connectivity index (χ0n) is 11.8. The Hall–Kier alpha value is -1.39. The van der Waals surface area contributed by atoms with Crippen molar-refractivity contribution in [1.29, 1.82) is 0 Å². The van der Waals surface area contributed by atoms with Crippen molar-refractivity contribution in [1.82, 2.24) is 5.32 Å². The Labute approximate surface area is 132 Å². The molecular weight excluding hydrogens is 333 g/mol. The van der Waals surface area contributed by atoms with Gasteiger partial charge in [-0.05, 0) is 47.9 Å². The van der Waals surface area contributed by atoms with E-state index in [1.165, 1.54) is 17.2 Å². The molecule has 0 aliphatic carbocycles. The molecule has 1 atom stereocenters. The molecule has 3 rings (SSSR count). The maximum absolute atomic E-state index is 13.3. The van der Waals surface area contributed by atoms with Gasteiger partial charge in [-0.15, -0.1) is 0 Å². The third-order valence-electron chi connectivity index (χ3n) is 3.82. The van der Waals surface area contributed by atoms with Crippen LogP contribution in [0.1, 0.15) is 29.7 Å². The molecule has 1 unspecified atom stereocenters. The predicted octanol–water partition coefficient (Wildman–Crippen LogP) is 4.37. The van der Waals surface area contributed by atoms with Crippen LogP contribution in [-0.2, 0) is 13.0 Å². The third-order valence-corrected chi connectivity index (χ3v) is 4.59. The van der Waals surface area contributed by atoms with Crippen molar-refractivity contribution in [3.8, 4) is 5.75 Å². The highest BCUT2D eigenvalue weighted by Crippen LogP contribution is 2.28. The Bertz CT molecular complexity index is 659. The van der Waals surface area contributed by atoms with Gasteiger partial charge in [-0.1, -0.05) is 28.1 Å². The molecule has 0 aromatic heterocycles. The number of ether oxygens (including phenoxy) is 1. The zero-order valence-corrected chi connectivity index (χ0v) is 13.4. The summed E-state index contributed by atoms with van der Waals surface area (Å²) < 4.78 is 19.7. The summed E-state index contributed by atoms with van der Waals surface area (Å²) in [6, 6.07) is 11.3. The number of rotatable bonds is 4. The number of benzene rings is 2. The second-order valence-electron chi connectivity index (χ2n) is 5.30. The number of hydrogen-bond donors (Lipinski definition) is 1. The number of nitrogens with one attached hydrogen (secondary N) is 1. The van der Waals surface area contributed by atoms with Crippen LogP contribution in [0.4, 0.5) is 4.39 Å². The lowest BCUT2D eigenvalue weighted by Gasteiger charge is -2.16. The lowest BCUT2D eigenvalue weighted by Crippen LogP contribution is -2.18. The van der Waals surface area contributed by atoms with Crippen LogP contribution in [0.3, 0.4) is 0 Å². The maximum Gasteiger partial charge on any atom is 0.123 e. The Morgan fingerprint density at radius 3 is 3.00 bits per heavy atom. The van der Waals surface area contributed by atoms with E-state index >= 15 is 0 Å². The second kappa shape index (κ2) is 6.16.